The first kappa shape index (κ1) is 24.9. The van der Waals surface area contributed by atoms with Crippen LogP contribution in [0.3, 0.4) is 0 Å². The highest BCUT2D eigenvalue weighted by Gasteiger charge is 2.53. The molecule has 0 aromatic heterocycles. The van der Waals surface area contributed by atoms with Gasteiger partial charge >= 0.3 is 25.7 Å². The topological polar surface area (TPSA) is 36.9 Å². The average Bonchev–Trinajstić information content (AvgIpc) is 2.01. The van der Waals surface area contributed by atoms with Gasteiger partial charge in [-0.05, 0) is 72.0 Å². The van der Waals surface area contributed by atoms with E-state index >= 15 is 0 Å². The zero-order valence-electron chi connectivity index (χ0n) is 18.6. The Balaban J connectivity index is 5.53. The highest BCUT2D eigenvalue weighted by Crippen LogP contribution is 2.42. The molecule has 0 aliphatic carbocycles. The molecule has 0 aliphatic heterocycles. The van der Waals surface area contributed by atoms with Gasteiger partial charge in [-0.25, -0.2) is 0 Å². The molecule has 0 atom stereocenters. The van der Waals surface area contributed by atoms with Gasteiger partial charge in [0.2, 0.25) is 0 Å². The van der Waals surface area contributed by atoms with Gasteiger partial charge in [-0.15, -0.1) is 0 Å². The molecule has 146 valence electrons. The van der Waals surface area contributed by atoms with E-state index in [2.05, 4.69) is 92.8 Å². The van der Waals surface area contributed by atoms with Crippen LogP contribution in [0, 0.1) is 0 Å². The minimum atomic E-state index is -2.50. The first-order chi connectivity index (χ1) is 10.1. The van der Waals surface area contributed by atoms with Crippen LogP contribution in [0.5, 0.6) is 0 Å². The predicted octanol–water partition coefficient (Wildman–Crippen LogP) is 6.00. The molecule has 0 saturated heterocycles. The van der Waals surface area contributed by atoms with Crippen molar-refractivity contribution in [2.45, 2.75) is 97.8 Å². The molecular formula is C15H42O4Si5. The summed E-state index contributed by atoms with van der Waals surface area (Å²) in [4.78, 5) is 0. The SMILES string of the molecule is CC(C)(C)[Si](C)(O[Si](C)(C)O[Si](C)(C)C)O[Si](C)(C)O[Si](C)(C)C. The molecule has 9 heteroatoms. The maximum Gasteiger partial charge on any atom is 0.322 e. The van der Waals surface area contributed by atoms with E-state index in [1.165, 1.54) is 0 Å². The van der Waals surface area contributed by atoms with Gasteiger partial charge in [-0.3, -0.25) is 0 Å². The molecule has 0 unspecified atom stereocenters. The quantitative estimate of drug-likeness (QED) is 0.446. The van der Waals surface area contributed by atoms with E-state index in [0.717, 1.165) is 0 Å². The van der Waals surface area contributed by atoms with Crippen molar-refractivity contribution in [2.24, 2.45) is 0 Å². The summed E-state index contributed by atoms with van der Waals surface area (Å²) in [6.07, 6.45) is 0. The Hall–Kier alpha value is 0.924. The fraction of sp³-hybridized carbons (Fsp3) is 1.00. The maximum absolute atomic E-state index is 6.75. The van der Waals surface area contributed by atoms with E-state index in [1.807, 2.05) is 0 Å². The summed E-state index contributed by atoms with van der Waals surface area (Å²) in [6.45, 7) is 30.8. The molecule has 0 bridgehead atoms. The van der Waals surface area contributed by atoms with Crippen LogP contribution in [0.1, 0.15) is 20.8 Å². The molecule has 0 fully saturated rings. The average molecular weight is 427 g/mol. The third-order valence-corrected chi connectivity index (χ3v) is 22.0. The Labute approximate surface area is 156 Å². The molecular weight excluding hydrogens is 385 g/mol. The van der Waals surface area contributed by atoms with E-state index in [-0.39, 0.29) is 5.04 Å². The largest absolute Gasteiger partial charge is 0.437 e. The number of hydrogen-bond acceptors (Lipinski definition) is 4. The first-order valence-electron chi connectivity index (χ1n) is 8.88. The third-order valence-electron chi connectivity index (χ3n) is 3.35. The van der Waals surface area contributed by atoms with Crippen LogP contribution in [0.4, 0.5) is 0 Å². The minimum Gasteiger partial charge on any atom is -0.437 e. The van der Waals surface area contributed by atoms with Crippen LogP contribution in [0.2, 0.25) is 77.1 Å². The smallest absolute Gasteiger partial charge is 0.322 e. The van der Waals surface area contributed by atoms with Gasteiger partial charge in [0.25, 0.3) is 0 Å². The second-order valence-electron chi connectivity index (χ2n) is 10.6. The van der Waals surface area contributed by atoms with Crippen molar-refractivity contribution in [3.8, 4) is 0 Å². The van der Waals surface area contributed by atoms with Crippen molar-refractivity contribution in [1.82, 2.24) is 0 Å². The van der Waals surface area contributed by atoms with Gasteiger partial charge in [0.15, 0.2) is 16.6 Å². The van der Waals surface area contributed by atoms with Crippen molar-refractivity contribution in [3.05, 3.63) is 0 Å². The molecule has 0 rings (SSSR count). The molecule has 0 heterocycles. The van der Waals surface area contributed by atoms with Gasteiger partial charge in [-0.1, -0.05) is 20.8 Å². The highest BCUT2D eigenvalue weighted by molar-refractivity contribution is 6.91. The molecule has 0 aromatic rings. The summed E-state index contributed by atoms with van der Waals surface area (Å²) in [5.41, 5.74) is 0. The highest BCUT2D eigenvalue weighted by atomic mass is 28.5. The molecule has 24 heavy (non-hydrogen) atoms. The molecule has 0 saturated carbocycles. The summed E-state index contributed by atoms with van der Waals surface area (Å²) in [7, 11) is -10.4. The van der Waals surface area contributed by atoms with Crippen LogP contribution in [-0.2, 0) is 16.5 Å². The summed E-state index contributed by atoms with van der Waals surface area (Å²) < 4.78 is 26.4. The molecule has 0 spiro atoms. The zero-order chi connectivity index (χ0) is 19.8. The van der Waals surface area contributed by atoms with Crippen molar-refractivity contribution in [1.29, 1.82) is 0 Å². The van der Waals surface area contributed by atoms with E-state index in [1.54, 1.807) is 0 Å². The lowest BCUT2D eigenvalue weighted by Gasteiger charge is -2.48. The maximum atomic E-state index is 6.75. The van der Waals surface area contributed by atoms with Gasteiger partial charge in [0.05, 0.1) is 0 Å². The first-order valence-corrected chi connectivity index (χ1v) is 23.6. The molecule has 0 amide bonds. The Morgan fingerprint density at radius 3 is 0.875 bits per heavy atom. The molecule has 0 radical (unpaired) electrons. The molecule has 0 aromatic carbocycles. The zero-order valence-corrected chi connectivity index (χ0v) is 23.6. The van der Waals surface area contributed by atoms with E-state index in [9.17, 15) is 0 Å². The van der Waals surface area contributed by atoms with E-state index < -0.39 is 42.3 Å². The van der Waals surface area contributed by atoms with E-state index in [4.69, 9.17) is 16.5 Å². The molecule has 0 N–H and O–H groups in total. The van der Waals surface area contributed by atoms with Gasteiger partial charge in [0.1, 0.15) is 0 Å². The predicted molar refractivity (Wildman–Crippen MR) is 117 cm³/mol. The van der Waals surface area contributed by atoms with Crippen LogP contribution >= 0.6 is 0 Å². The van der Waals surface area contributed by atoms with Gasteiger partial charge in [0, 0.05) is 5.04 Å². The monoisotopic (exact) mass is 426 g/mol. The third kappa shape index (κ3) is 9.57. The summed E-state index contributed by atoms with van der Waals surface area (Å²) in [5.74, 6) is 0. The molecule has 0 aliphatic rings. The Kier molecular flexibility index (Phi) is 7.80. The van der Waals surface area contributed by atoms with Gasteiger partial charge in [-0.2, -0.15) is 0 Å². The number of rotatable bonds is 8. The second-order valence-corrected chi connectivity index (χ2v) is 31.3. The fourth-order valence-corrected chi connectivity index (χ4v) is 26.2. The van der Waals surface area contributed by atoms with Crippen LogP contribution in [0.25, 0.3) is 0 Å². The Bertz CT molecular complexity index is 389. The lowest BCUT2D eigenvalue weighted by Crippen LogP contribution is -2.62. The van der Waals surface area contributed by atoms with Crippen LogP contribution in [0.15, 0.2) is 0 Å². The van der Waals surface area contributed by atoms with Crippen molar-refractivity contribution in [2.75, 3.05) is 0 Å². The lowest BCUT2D eigenvalue weighted by molar-refractivity contribution is 0.268. The second kappa shape index (κ2) is 7.51. The lowest BCUT2D eigenvalue weighted by atomic mass is 10.3. The Morgan fingerprint density at radius 1 is 0.458 bits per heavy atom. The number of hydrogen-bond donors (Lipinski definition) is 0. The van der Waals surface area contributed by atoms with Crippen LogP contribution < -0.4 is 0 Å². The molecule has 4 nitrogen and oxygen atoms in total. The van der Waals surface area contributed by atoms with E-state index in [0.29, 0.717) is 0 Å². The fourth-order valence-electron chi connectivity index (χ4n) is 2.78. The normalized spacial score (nSPS) is 15.8. The summed E-state index contributed by atoms with van der Waals surface area (Å²) >= 11 is 0. The van der Waals surface area contributed by atoms with Gasteiger partial charge < -0.3 is 16.5 Å². The standard InChI is InChI=1S/C15H42O4Si5/c1-15(2,3)24(14,18-22(10,11)16-20(4,5)6)19-23(12,13)17-21(7,8)9/h1-14H3. The summed E-state index contributed by atoms with van der Waals surface area (Å²) in [5, 5.41) is -0.0485. The van der Waals surface area contributed by atoms with Crippen molar-refractivity contribution < 1.29 is 16.5 Å². The van der Waals surface area contributed by atoms with Crippen LogP contribution in [-0.4, -0.2) is 42.3 Å². The summed E-state index contributed by atoms with van der Waals surface area (Å²) in [6, 6.07) is 0. The minimum absolute atomic E-state index is 0.0485. The van der Waals surface area contributed by atoms with Crippen molar-refractivity contribution >= 4 is 42.3 Å². The van der Waals surface area contributed by atoms with Crippen molar-refractivity contribution in [3.63, 3.8) is 0 Å². The Morgan fingerprint density at radius 2 is 0.708 bits per heavy atom.